The predicted octanol–water partition coefficient (Wildman–Crippen LogP) is 0.286. The molecular formula is C19H26F3N4O3+. The normalized spacial score (nSPS) is 14.8. The van der Waals surface area contributed by atoms with E-state index in [1.807, 2.05) is 0 Å². The standard InChI is InChI=1S/C19H25F3N4O3/c1-3-26(18(29)12-25(2)10-16(27)23-13-8-9-13)11-17(28)24-15-7-5-4-6-14(15)19(20,21)22/h4-7,13H,3,8-12H2,1-2H3,(H,23,27)(H,24,28)/p+1. The van der Waals surface area contributed by atoms with Gasteiger partial charge in [-0.05, 0) is 31.9 Å². The summed E-state index contributed by atoms with van der Waals surface area (Å²) in [6, 6.07) is 4.90. The molecular weight excluding hydrogens is 389 g/mol. The number of hydrogen-bond acceptors (Lipinski definition) is 3. The van der Waals surface area contributed by atoms with E-state index in [-0.39, 0.29) is 49.7 Å². The van der Waals surface area contributed by atoms with Crippen LogP contribution >= 0.6 is 0 Å². The Morgan fingerprint density at radius 3 is 2.38 bits per heavy atom. The minimum absolute atomic E-state index is 0.00164. The van der Waals surface area contributed by atoms with Crippen LogP contribution in [-0.4, -0.2) is 61.9 Å². The Kier molecular flexibility index (Phi) is 7.60. The van der Waals surface area contributed by atoms with Crippen LogP contribution in [0.1, 0.15) is 25.3 Å². The number of amides is 3. The van der Waals surface area contributed by atoms with Gasteiger partial charge in [-0.3, -0.25) is 14.4 Å². The maximum absolute atomic E-state index is 13.0. The molecule has 0 saturated heterocycles. The Morgan fingerprint density at radius 1 is 1.14 bits per heavy atom. The van der Waals surface area contributed by atoms with Gasteiger partial charge in [0.1, 0.15) is 6.54 Å². The molecule has 0 aliphatic heterocycles. The zero-order chi connectivity index (χ0) is 21.6. The lowest BCUT2D eigenvalue weighted by molar-refractivity contribution is -0.863. The number of nitrogens with zero attached hydrogens (tertiary/aromatic N) is 1. The summed E-state index contributed by atoms with van der Waals surface area (Å²) in [6.45, 7) is 1.64. The first-order valence-corrected chi connectivity index (χ1v) is 9.44. The lowest BCUT2D eigenvalue weighted by atomic mass is 10.1. The third kappa shape index (κ3) is 7.37. The van der Waals surface area contributed by atoms with E-state index in [2.05, 4.69) is 10.6 Å². The summed E-state index contributed by atoms with van der Waals surface area (Å²) in [6.07, 6.45) is -2.66. The smallest absolute Gasteiger partial charge is 0.348 e. The first kappa shape index (κ1) is 22.7. The van der Waals surface area contributed by atoms with Crippen LogP contribution in [0.4, 0.5) is 18.9 Å². The molecule has 1 aliphatic rings. The second kappa shape index (κ2) is 9.73. The highest BCUT2D eigenvalue weighted by Crippen LogP contribution is 2.34. The number of hydrogen-bond donors (Lipinski definition) is 3. The number of carbonyl (C=O) groups excluding carboxylic acids is 3. The van der Waals surface area contributed by atoms with E-state index in [0.29, 0.717) is 4.90 Å². The van der Waals surface area contributed by atoms with Crippen molar-refractivity contribution in [1.29, 1.82) is 0 Å². The summed E-state index contributed by atoms with van der Waals surface area (Å²) in [5.41, 5.74) is -1.30. The summed E-state index contributed by atoms with van der Waals surface area (Å²) in [5.74, 6) is -1.22. The molecule has 3 amide bonds. The minimum atomic E-state index is -4.60. The molecule has 3 N–H and O–H groups in total. The fourth-order valence-corrected chi connectivity index (χ4v) is 2.79. The summed E-state index contributed by atoms with van der Waals surface area (Å²) < 4.78 is 39.1. The highest BCUT2D eigenvalue weighted by molar-refractivity contribution is 5.95. The van der Waals surface area contributed by atoms with E-state index >= 15 is 0 Å². The fourth-order valence-electron chi connectivity index (χ4n) is 2.79. The van der Waals surface area contributed by atoms with Gasteiger partial charge in [0.15, 0.2) is 13.1 Å². The molecule has 0 radical (unpaired) electrons. The van der Waals surface area contributed by atoms with Crippen LogP contribution in [0.2, 0.25) is 0 Å². The number of benzene rings is 1. The van der Waals surface area contributed by atoms with Crippen molar-refractivity contribution in [2.75, 3.05) is 38.5 Å². The lowest BCUT2D eigenvalue weighted by Crippen LogP contribution is -3.11. The van der Waals surface area contributed by atoms with Gasteiger partial charge in [0, 0.05) is 12.6 Å². The van der Waals surface area contributed by atoms with Gasteiger partial charge in [-0.25, -0.2) is 0 Å². The first-order valence-electron chi connectivity index (χ1n) is 9.44. The highest BCUT2D eigenvalue weighted by atomic mass is 19.4. The van der Waals surface area contributed by atoms with E-state index in [0.717, 1.165) is 25.0 Å². The Hall–Kier alpha value is -2.62. The largest absolute Gasteiger partial charge is 0.418 e. The monoisotopic (exact) mass is 415 g/mol. The molecule has 2 rings (SSSR count). The van der Waals surface area contributed by atoms with Gasteiger partial charge in [-0.2, -0.15) is 13.2 Å². The van der Waals surface area contributed by atoms with Crippen LogP contribution in [0.5, 0.6) is 0 Å². The molecule has 1 atom stereocenters. The van der Waals surface area contributed by atoms with Crippen LogP contribution in [-0.2, 0) is 20.6 Å². The van der Waals surface area contributed by atoms with Crippen LogP contribution in [0.3, 0.4) is 0 Å². The van der Waals surface area contributed by atoms with Crippen LogP contribution in [0.15, 0.2) is 24.3 Å². The Bertz CT molecular complexity index is 750. The van der Waals surface area contributed by atoms with E-state index in [1.54, 1.807) is 14.0 Å². The summed E-state index contributed by atoms with van der Waals surface area (Å²) >= 11 is 0. The molecule has 1 aromatic carbocycles. The number of para-hydroxylation sites is 1. The molecule has 7 nitrogen and oxygen atoms in total. The van der Waals surface area contributed by atoms with Crippen LogP contribution in [0, 0.1) is 0 Å². The molecule has 0 aromatic heterocycles. The molecule has 1 aliphatic carbocycles. The molecule has 0 spiro atoms. The quantitative estimate of drug-likeness (QED) is 0.542. The number of quaternary nitrogens is 1. The van der Waals surface area contributed by atoms with Gasteiger partial charge in [0.2, 0.25) is 5.91 Å². The van der Waals surface area contributed by atoms with Crippen molar-refractivity contribution in [3.8, 4) is 0 Å². The van der Waals surface area contributed by atoms with E-state index in [1.165, 1.54) is 17.0 Å². The number of alkyl halides is 3. The third-order valence-corrected chi connectivity index (χ3v) is 4.43. The predicted molar refractivity (Wildman–Crippen MR) is 100 cm³/mol. The average Bonchev–Trinajstić information content (AvgIpc) is 3.42. The van der Waals surface area contributed by atoms with Crippen molar-refractivity contribution < 1.29 is 32.5 Å². The van der Waals surface area contributed by atoms with Gasteiger partial charge in [-0.15, -0.1) is 0 Å². The second-order valence-electron chi connectivity index (χ2n) is 7.15. The maximum atomic E-state index is 13.0. The molecule has 29 heavy (non-hydrogen) atoms. The molecule has 10 heteroatoms. The van der Waals surface area contributed by atoms with Gasteiger partial charge in [-0.1, -0.05) is 12.1 Å². The maximum Gasteiger partial charge on any atom is 0.418 e. The Balaban J connectivity index is 1.88. The Morgan fingerprint density at radius 2 is 1.79 bits per heavy atom. The van der Waals surface area contributed by atoms with Gasteiger partial charge < -0.3 is 20.4 Å². The molecule has 0 bridgehead atoms. The summed E-state index contributed by atoms with van der Waals surface area (Å²) in [5, 5.41) is 5.06. The molecule has 1 saturated carbocycles. The van der Waals surface area contributed by atoms with Crippen molar-refractivity contribution in [2.24, 2.45) is 0 Å². The number of carbonyl (C=O) groups is 3. The van der Waals surface area contributed by atoms with Crippen LogP contribution < -0.4 is 15.5 Å². The Labute approximate surface area is 167 Å². The van der Waals surface area contributed by atoms with Crippen molar-refractivity contribution in [3.05, 3.63) is 29.8 Å². The third-order valence-electron chi connectivity index (χ3n) is 4.43. The number of rotatable bonds is 9. The van der Waals surface area contributed by atoms with Crippen molar-refractivity contribution in [3.63, 3.8) is 0 Å². The molecule has 1 unspecified atom stereocenters. The fraction of sp³-hybridized carbons (Fsp3) is 0.526. The molecule has 0 heterocycles. The van der Waals surface area contributed by atoms with Gasteiger partial charge >= 0.3 is 6.18 Å². The molecule has 1 fully saturated rings. The second-order valence-corrected chi connectivity index (χ2v) is 7.15. The zero-order valence-electron chi connectivity index (χ0n) is 16.4. The van der Waals surface area contributed by atoms with Gasteiger partial charge in [0.05, 0.1) is 18.3 Å². The minimum Gasteiger partial charge on any atom is -0.348 e. The number of anilines is 1. The van der Waals surface area contributed by atoms with Crippen LogP contribution in [0.25, 0.3) is 0 Å². The number of nitrogens with one attached hydrogen (secondary N) is 3. The van der Waals surface area contributed by atoms with Crippen molar-refractivity contribution >= 4 is 23.4 Å². The van der Waals surface area contributed by atoms with E-state index in [4.69, 9.17) is 0 Å². The SMILES string of the molecule is CCN(CC(=O)Nc1ccccc1C(F)(F)F)C(=O)C[NH+](C)CC(=O)NC1CC1. The number of likely N-dealkylation sites (N-methyl/N-ethyl adjacent to an activating group) is 2. The average molecular weight is 415 g/mol. The lowest BCUT2D eigenvalue weighted by Gasteiger charge is -2.22. The summed E-state index contributed by atoms with van der Waals surface area (Å²) in [4.78, 5) is 38.4. The first-order chi connectivity index (χ1) is 13.6. The topological polar surface area (TPSA) is 83.0 Å². The van der Waals surface area contributed by atoms with E-state index in [9.17, 15) is 27.6 Å². The number of halogens is 3. The molecule has 1 aromatic rings. The van der Waals surface area contributed by atoms with Gasteiger partial charge in [0.25, 0.3) is 11.8 Å². The zero-order valence-corrected chi connectivity index (χ0v) is 16.4. The molecule has 160 valence electrons. The summed E-state index contributed by atoms with van der Waals surface area (Å²) in [7, 11) is 1.69. The van der Waals surface area contributed by atoms with Crippen molar-refractivity contribution in [2.45, 2.75) is 32.0 Å². The van der Waals surface area contributed by atoms with Crippen molar-refractivity contribution in [1.82, 2.24) is 10.2 Å². The highest BCUT2D eigenvalue weighted by Gasteiger charge is 2.33. The van der Waals surface area contributed by atoms with E-state index < -0.39 is 17.6 Å².